The Hall–Kier alpha value is -3.06. The first-order chi connectivity index (χ1) is 13.5. The van der Waals surface area contributed by atoms with E-state index in [1.54, 1.807) is 6.07 Å². The summed E-state index contributed by atoms with van der Waals surface area (Å²) in [6.45, 7) is 3.85. The molecule has 2 aromatic carbocycles. The van der Waals surface area contributed by atoms with Crippen molar-refractivity contribution in [2.45, 2.75) is 19.9 Å². The van der Waals surface area contributed by atoms with Gasteiger partial charge in [-0.3, -0.25) is 0 Å². The topological polar surface area (TPSA) is 70.1 Å². The van der Waals surface area contributed by atoms with E-state index >= 15 is 0 Å². The highest BCUT2D eigenvalue weighted by Gasteiger charge is 2.15. The van der Waals surface area contributed by atoms with Crippen molar-refractivity contribution in [3.8, 4) is 11.3 Å². The van der Waals surface area contributed by atoms with Crippen LogP contribution in [0.1, 0.15) is 13.8 Å². The molecule has 1 heterocycles. The molecule has 0 radical (unpaired) electrons. The van der Waals surface area contributed by atoms with Gasteiger partial charge in [-0.05, 0) is 18.1 Å². The molecule has 0 bridgehead atoms. The largest absolute Gasteiger partial charge is 0.394 e. The van der Waals surface area contributed by atoms with Gasteiger partial charge in [0.25, 0.3) is 0 Å². The highest BCUT2D eigenvalue weighted by atomic mass is 19.1. The third kappa shape index (κ3) is 4.80. The number of aromatic nitrogens is 2. The molecule has 0 saturated carbocycles. The quantitative estimate of drug-likeness (QED) is 0.556. The van der Waals surface area contributed by atoms with Crippen molar-refractivity contribution in [3.63, 3.8) is 0 Å². The molecule has 5 nitrogen and oxygen atoms in total. The Balaban J connectivity index is 2.00. The fourth-order valence-corrected chi connectivity index (χ4v) is 2.65. The molecule has 0 amide bonds. The number of hydrogen-bond donors (Lipinski definition) is 3. The number of aliphatic hydroxyl groups is 1. The van der Waals surface area contributed by atoms with Gasteiger partial charge in [0.05, 0.1) is 24.0 Å². The van der Waals surface area contributed by atoms with Crippen LogP contribution in [0, 0.1) is 17.6 Å². The Morgan fingerprint density at radius 3 is 2.43 bits per heavy atom. The van der Waals surface area contributed by atoms with Crippen molar-refractivity contribution in [2.75, 3.05) is 17.2 Å². The fourth-order valence-electron chi connectivity index (χ4n) is 2.65. The molecule has 0 aliphatic carbocycles. The molecule has 3 rings (SSSR count). The molecule has 0 fully saturated rings. The number of halogens is 2. The minimum absolute atomic E-state index is 0.0220. The highest BCUT2D eigenvalue weighted by Crippen LogP contribution is 2.25. The summed E-state index contributed by atoms with van der Waals surface area (Å²) in [6, 6.07) is 14.0. The van der Waals surface area contributed by atoms with E-state index < -0.39 is 11.6 Å². The van der Waals surface area contributed by atoms with Crippen LogP contribution in [-0.4, -0.2) is 27.7 Å². The molecule has 3 aromatic rings. The molecule has 0 spiro atoms. The van der Waals surface area contributed by atoms with Crippen molar-refractivity contribution in [3.05, 3.63) is 66.2 Å². The van der Waals surface area contributed by atoms with Gasteiger partial charge in [0.1, 0.15) is 17.5 Å². The van der Waals surface area contributed by atoms with E-state index in [9.17, 15) is 13.9 Å². The van der Waals surface area contributed by atoms with Crippen LogP contribution in [0.15, 0.2) is 54.6 Å². The van der Waals surface area contributed by atoms with E-state index in [0.717, 1.165) is 23.8 Å². The van der Waals surface area contributed by atoms with Gasteiger partial charge in [0, 0.05) is 17.7 Å². The monoisotopic (exact) mass is 384 g/mol. The predicted molar refractivity (Wildman–Crippen MR) is 106 cm³/mol. The standard InChI is InChI=1S/C21H22F2N4O/c1-13(2)19(12-28)26-21-25-17(14-6-4-3-5-7-14)11-20(27-21)24-18-10-15(22)8-9-16(18)23/h3-11,13,19,28H,12H2,1-2H3,(H2,24,25,26,27)/t19-/m1/s1. The molecular weight excluding hydrogens is 362 g/mol. The molecule has 28 heavy (non-hydrogen) atoms. The van der Waals surface area contributed by atoms with E-state index in [1.807, 2.05) is 44.2 Å². The van der Waals surface area contributed by atoms with Crippen molar-refractivity contribution >= 4 is 17.5 Å². The van der Waals surface area contributed by atoms with Crippen LogP contribution < -0.4 is 10.6 Å². The second-order valence-electron chi connectivity index (χ2n) is 6.75. The first-order valence-electron chi connectivity index (χ1n) is 9.00. The number of hydrogen-bond acceptors (Lipinski definition) is 5. The minimum atomic E-state index is -0.591. The number of benzene rings is 2. The number of nitrogens with zero attached hydrogens (tertiary/aromatic N) is 2. The Morgan fingerprint density at radius 2 is 1.75 bits per heavy atom. The van der Waals surface area contributed by atoms with Gasteiger partial charge in [-0.2, -0.15) is 4.98 Å². The zero-order valence-corrected chi connectivity index (χ0v) is 15.7. The van der Waals surface area contributed by atoms with Crippen molar-refractivity contribution in [1.82, 2.24) is 9.97 Å². The zero-order chi connectivity index (χ0) is 20.1. The third-order valence-electron chi connectivity index (χ3n) is 4.30. The lowest BCUT2D eigenvalue weighted by atomic mass is 10.1. The molecule has 0 aliphatic rings. The summed E-state index contributed by atoms with van der Waals surface area (Å²) in [5.41, 5.74) is 1.44. The van der Waals surface area contributed by atoms with Crippen molar-refractivity contribution in [1.29, 1.82) is 0 Å². The highest BCUT2D eigenvalue weighted by molar-refractivity contribution is 5.67. The normalized spacial score (nSPS) is 12.1. The van der Waals surface area contributed by atoms with Crippen LogP contribution in [0.5, 0.6) is 0 Å². The van der Waals surface area contributed by atoms with Gasteiger partial charge in [-0.1, -0.05) is 44.2 Å². The molecule has 1 atom stereocenters. The van der Waals surface area contributed by atoms with Crippen LogP contribution >= 0.6 is 0 Å². The van der Waals surface area contributed by atoms with E-state index in [0.29, 0.717) is 11.5 Å². The van der Waals surface area contributed by atoms with Gasteiger partial charge < -0.3 is 15.7 Å². The summed E-state index contributed by atoms with van der Waals surface area (Å²) in [5, 5.41) is 15.5. The van der Waals surface area contributed by atoms with Crippen molar-refractivity contribution < 1.29 is 13.9 Å². The third-order valence-corrected chi connectivity index (χ3v) is 4.30. The van der Waals surface area contributed by atoms with Gasteiger partial charge in [-0.15, -0.1) is 0 Å². The number of aliphatic hydroxyl groups excluding tert-OH is 1. The van der Waals surface area contributed by atoms with E-state index in [4.69, 9.17) is 0 Å². The SMILES string of the molecule is CC(C)[C@@H](CO)Nc1nc(Nc2cc(F)ccc2F)cc(-c2ccccc2)n1. The summed E-state index contributed by atoms with van der Waals surface area (Å²) in [6.07, 6.45) is 0. The molecule has 7 heteroatoms. The molecule has 146 valence electrons. The van der Waals surface area contributed by atoms with E-state index in [-0.39, 0.29) is 30.2 Å². The summed E-state index contributed by atoms with van der Waals surface area (Å²) in [7, 11) is 0. The van der Waals surface area contributed by atoms with Crippen LogP contribution in [0.25, 0.3) is 11.3 Å². The summed E-state index contributed by atoms with van der Waals surface area (Å²) >= 11 is 0. The average molecular weight is 384 g/mol. The first-order valence-corrected chi connectivity index (χ1v) is 9.00. The first kappa shape index (κ1) is 19.7. The summed E-state index contributed by atoms with van der Waals surface area (Å²) in [5.74, 6) is -0.410. The van der Waals surface area contributed by atoms with E-state index in [2.05, 4.69) is 20.6 Å². The minimum Gasteiger partial charge on any atom is -0.394 e. The van der Waals surface area contributed by atoms with Crippen LogP contribution in [0.4, 0.5) is 26.2 Å². The lowest BCUT2D eigenvalue weighted by Gasteiger charge is -2.20. The van der Waals surface area contributed by atoms with Crippen LogP contribution in [0.3, 0.4) is 0 Å². The predicted octanol–water partition coefficient (Wildman–Crippen LogP) is 4.59. The summed E-state index contributed by atoms with van der Waals surface area (Å²) in [4.78, 5) is 8.88. The molecule has 1 aromatic heterocycles. The molecule has 3 N–H and O–H groups in total. The van der Waals surface area contributed by atoms with Crippen molar-refractivity contribution in [2.24, 2.45) is 5.92 Å². The maximum absolute atomic E-state index is 14.0. The summed E-state index contributed by atoms with van der Waals surface area (Å²) < 4.78 is 27.5. The Morgan fingerprint density at radius 1 is 1.00 bits per heavy atom. The lowest BCUT2D eigenvalue weighted by molar-refractivity contribution is 0.248. The molecular formula is C21H22F2N4O. The van der Waals surface area contributed by atoms with Gasteiger partial charge in [0.2, 0.25) is 5.95 Å². The number of nitrogens with one attached hydrogen (secondary N) is 2. The van der Waals surface area contributed by atoms with Crippen LogP contribution in [0.2, 0.25) is 0 Å². The number of rotatable bonds is 7. The molecule has 0 saturated heterocycles. The number of anilines is 3. The Labute approximate surface area is 162 Å². The molecule has 0 unspecified atom stereocenters. The van der Waals surface area contributed by atoms with E-state index in [1.165, 1.54) is 0 Å². The Kier molecular flexibility index (Phi) is 6.16. The van der Waals surface area contributed by atoms with Gasteiger partial charge in [0.15, 0.2) is 0 Å². The second-order valence-corrected chi connectivity index (χ2v) is 6.75. The second kappa shape index (κ2) is 8.75. The smallest absolute Gasteiger partial charge is 0.225 e. The van der Waals surface area contributed by atoms with Crippen LogP contribution in [-0.2, 0) is 0 Å². The van der Waals surface area contributed by atoms with Gasteiger partial charge in [-0.25, -0.2) is 13.8 Å². The fraction of sp³-hybridized carbons (Fsp3) is 0.238. The molecule has 0 aliphatic heterocycles. The maximum atomic E-state index is 14.0. The lowest BCUT2D eigenvalue weighted by Crippen LogP contribution is -2.30. The Bertz CT molecular complexity index is 935. The van der Waals surface area contributed by atoms with Gasteiger partial charge >= 0.3 is 0 Å². The average Bonchev–Trinajstić information content (AvgIpc) is 2.69. The zero-order valence-electron chi connectivity index (χ0n) is 15.7. The maximum Gasteiger partial charge on any atom is 0.225 e.